The van der Waals surface area contributed by atoms with E-state index in [0.29, 0.717) is 11.6 Å². The van der Waals surface area contributed by atoms with Crippen molar-refractivity contribution in [2.24, 2.45) is 10.8 Å². The van der Waals surface area contributed by atoms with Crippen molar-refractivity contribution in [3.63, 3.8) is 0 Å². The molecule has 0 radical (unpaired) electrons. The predicted octanol–water partition coefficient (Wildman–Crippen LogP) is 3.28. The largest absolute Gasteiger partial charge is 0.453 e. The zero-order valence-corrected chi connectivity index (χ0v) is 11.1. The van der Waals surface area contributed by atoms with E-state index in [2.05, 4.69) is 16.5 Å². The summed E-state index contributed by atoms with van der Waals surface area (Å²) in [5, 5.41) is 1.04. The van der Waals surface area contributed by atoms with Crippen LogP contribution in [0.3, 0.4) is 0 Å². The molecule has 0 fully saturated rings. The van der Waals surface area contributed by atoms with E-state index in [-0.39, 0.29) is 0 Å². The van der Waals surface area contributed by atoms with E-state index in [4.69, 9.17) is 10.3 Å². The Kier molecular flexibility index (Phi) is 3.23. The summed E-state index contributed by atoms with van der Waals surface area (Å²) in [5.74, 6) is 6.69. The van der Waals surface area contributed by atoms with Gasteiger partial charge in [-0.25, -0.2) is 10.8 Å². The van der Waals surface area contributed by atoms with E-state index in [1.54, 1.807) is 0 Å². The van der Waals surface area contributed by atoms with Crippen LogP contribution in [0.15, 0.2) is 64.0 Å². The summed E-state index contributed by atoms with van der Waals surface area (Å²) in [6, 6.07) is 17.6. The van der Waals surface area contributed by atoms with Gasteiger partial charge in [-0.15, -0.1) is 0 Å². The molecular formula is C16H15N3O. The molecule has 20 heavy (non-hydrogen) atoms. The van der Waals surface area contributed by atoms with Crippen LogP contribution in [0.4, 0.5) is 5.69 Å². The summed E-state index contributed by atoms with van der Waals surface area (Å²) < 4.78 is 5.77. The minimum atomic E-state index is 0.505. The molecule has 0 aliphatic heterocycles. The maximum absolute atomic E-state index is 5.77. The number of fused-ring (bicyclic) bond motifs is 1. The van der Waals surface area contributed by atoms with E-state index in [1.165, 1.54) is 5.56 Å². The molecule has 0 atom stereocenters. The molecule has 1 aromatic heterocycles. The second kappa shape index (κ2) is 5.19. The lowest BCUT2D eigenvalue weighted by atomic mass is 10.2. The number of aliphatic imine (C=N–C) groups is 1. The van der Waals surface area contributed by atoms with Crippen LogP contribution in [0.25, 0.3) is 11.0 Å². The maximum Gasteiger partial charge on any atom is 0.184 e. The Labute approximate surface area is 116 Å². The fourth-order valence-electron chi connectivity index (χ4n) is 2.07. The van der Waals surface area contributed by atoms with E-state index in [1.807, 2.05) is 55.5 Å². The van der Waals surface area contributed by atoms with Crippen molar-refractivity contribution in [1.82, 2.24) is 5.43 Å². The zero-order valence-electron chi connectivity index (χ0n) is 11.1. The minimum Gasteiger partial charge on any atom is -0.453 e. The van der Waals surface area contributed by atoms with Gasteiger partial charge in [0.15, 0.2) is 11.6 Å². The number of hydrogen-bond donors (Lipinski definition) is 2. The van der Waals surface area contributed by atoms with Gasteiger partial charge >= 0.3 is 0 Å². The third kappa shape index (κ3) is 2.41. The highest BCUT2D eigenvalue weighted by molar-refractivity contribution is 6.00. The molecule has 1 heterocycles. The molecule has 4 nitrogen and oxygen atoms in total. The zero-order chi connectivity index (χ0) is 13.9. The Morgan fingerprint density at radius 2 is 1.90 bits per heavy atom. The Bertz CT molecular complexity index is 760. The fourth-order valence-corrected chi connectivity index (χ4v) is 2.07. The number of nitrogens with one attached hydrogen (secondary N) is 1. The summed E-state index contributed by atoms with van der Waals surface area (Å²) in [7, 11) is 0. The molecule has 0 saturated carbocycles. The average Bonchev–Trinajstić information content (AvgIpc) is 2.88. The molecular weight excluding hydrogens is 250 g/mol. The van der Waals surface area contributed by atoms with Crippen molar-refractivity contribution in [3.8, 4) is 0 Å². The summed E-state index contributed by atoms with van der Waals surface area (Å²) in [6.45, 7) is 2.05. The number of nitrogens with zero attached hydrogens (tertiary/aromatic N) is 1. The topological polar surface area (TPSA) is 63.5 Å². The van der Waals surface area contributed by atoms with Crippen molar-refractivity contribution in [2.45, 2.75) is 6.92 Å². The molecule has 3 rings (SSSR count). The van der Waals surface area contributed by atoms with Gasteiger partial charge < -0.3 is 9.84 Å². The number of aryl methyl sites for hydroxylation is 1. The van der Waals surface area contributed by atoms with Crippen molar-refractivity contribution in [1.29, 1.82) is 0 Å². The van der Waals surface area contributed by atoms with Gasteiger partial charge in [-0.05, 0) is 37.3 Å². The van der Waals surface area contributed by atoms with Crippen LogP contribution in [0, 0.1) is 6.92 Å². The molecule has 0 aliphatic carbocycles. The van der Waals surface area contributed by atoms with Gasteiger partial charge in [0, 0.05) is 5.39 Å². The summed E-state index contributed by atoms with van der Waals surface area (Å²) in [5.41, 5.74) is 5.42. The van der Waals surface area contributed by atoms with Gasteiger partial charge in [0.25, 0.3) is 0 Å². The minimum absolute atomic E-state index is 0.505. The molecule has 0 spiro atoms. The van der Waals surface area contributed by atoms with Crippen LogP contribution in [-0.2, 0) is 0 Å². The second-order valence-electron chi connectivity index (χ2n) is 4.59. The van der Waals surface area contributed by atoms with Crippen molar-refractivity contribution in [3.05, 3.63) is 65.9 Å². The first-order valence-electron chi connectivity index (χ1n) is 6.37. The van der Waals surface area contributed by atoms with Crippen LogP contribution < -0.4 is 11.3 Å². The summed E-state index contributed by atoms with van der Waals surface area (Å²) in [6.07, 6.45) is 0. The maximum atomic E-state index is 5.77. The standard InChI is InChI=1S/C16H15N3O/c1-11-7-8-14-12(9-11)10-15(20-14)16(19-17)18-13-5-3-2-4-6-13/h2-10H,17H2,1H3,(H,18,19). The number of nitrogens with two attached hydrogens (primary N) is 1. The Morgan fingerprint density at radius 1 is 1.10 bits per heavy atom. The van der Waals surface area contributed by atoms with Gasteiger partial charge in [0.2, 0.25) is 0 Å². The Balaban J connectivity index is 2.05. The van der Waals surface area contributed by atoms with E-state index < -0.39 is 0 Å². The molecule has 4 heteroatoms. The molecule has 0 bridgehead atoms. The first-order valence-corrected chi connectivity index (χ1v) is 6.37. The highest BCUT2D eigenvalue weighted by atomic mass is 16.3. The van der Waals surface area contributed by atoms with Crippen LogP contribution in [-0.4, -0.2) is 5.84 Å². The Hall–Kier alpha value is -2.59. The smallest absolute Gasteiger partial charge is 0.184 e. The molecule has 100 valence electrons. The van der Waals surface area contributed by atoms with E-state index in [9.17, 15) is 0 Å². The highest BCUT2D eigenvalue weighted by Gasteiger charge is 2.09. The van der Waals surface area contributed by atoms with Crippen LogP contribution >= 0.6 is 0 Å². The quantitative estimate of drug-likeness (QED) is 0.323. The highest BCUT2D eigenvalue weighted by Crippen LogP contribution is 2.21. The van der Waals surface area contributed by atoms with Gasteiger partial charge in [-0.2, -0.15) is 0 Å². The lowest BCUT2D eigenvalue weighted by Crippen LogP contribution is -2.30. The monoisotopic (exact) mass is 265 g/mol. The lowest BCUT2D eigenvalue weighted by molar-refractivity contribution is 0.600. The summed E-state index contributed by atoms with van der Waals surface area (Å²) >= 11 is 0. The second-order valence-corrected chi connectivity index (χ2v) is 4.59. The summed E-state index contributed by atoms with van der Waals surface area (Å²) in [4.78, 5) is 4.45. The molecule has 2 aromatic carbocycles. The first-order chi connectivity index (χ1) is 9.76. The molecule has 0 unspecified atom stereocenters. The third-order valence-electron chi connectivity index (χ3n) is 3.04. The van der Waals surface area contributed by atoms with Gasteiger partial charge in [-0.3, -0.25) is 0 Å². The van der Waals surface area contributed by atoms with Crippen molar-refractivity contribution in [2.75, 3.05) is 0 Å². The molecule has 3 N–H and O–H groups in total. The van der Waals surface area contributed by atoms with E-state index >= 15 is 0 Å². The number of para-hydroxylation sites is 1. The number of benzene rings is 2. The van der Waals surface area contributed by atoms with Crippen LogP contribution in [0.1, 0.15) is 11.3 Å². The Morgan fingerprint density at radius 3 is 2.65 bits per heavy atom. The third-order valence-corrected chi connectivity index (χ3v) is 3.04. The number of hydrazine groups is 1. The van der Waals surface area contributed by atoms with Gasteiger partial charge in [0.05, 0.1) is 5.69 Å². The average molecular weight is 265 g/mol. The van der Waals surface area contributed by atoms with Gasteiger partial charge in [0.1, 0.15) is 5.58 Å². The number of rotatable bonds is 2. The van der Waals surface area contributed by atoms with Crippen molar-refractivity contribution >= 4 is 22.5 Å². The molecule has 3 aromatic rings. The first kappa shape index (κ1) is 12.4. The van der Waals surface area contributed by atoms with E-state index in [0.717, 1.165) is 16.7 Å². The predicted molar refractivity (Wildman–Crippen MR) is 80.9 cm³/mol. The van der Waals surface area contributed by atoms with Gasteiger partial charge in [-0.1, -0.05) is 29.8 Å². The number of hydrogen-bond acceptors (Lipinski definition) is 3. The fraction of sp³-hybridized carbons (Fsp3) is 0.0625. The molecule has 0 aliphatic rings. The normalized spacial score (nSPS) is 11.8. The van der Waals surface area contributed by atoms with Crippen LogP contribution in [0.5, 0.6) is 0 Å². The van der Waals surface area contributed by atoms with Crippen LogP contribution in [0.2, 0.25) is 0 Å². The molecule has 0 amide bonds. The van der Waals surface area contributed by atoms with Crippen molar-refractivity contribution < 1.29 is 4.42 Å². The number of furan rings is 1. The SMILES string of the molecule is Cc1ccc2oc(C(=Nc3ccccc3)NN)cc2c1. The molecule has 0 saturated heterocycles. The lowest BCUT2D eigenvalue weighted by Gasteiger charge is -2.01. The number of amidine groups is 1.